The van der Waals surface area contributed by atoms with Crippen LogP contribution in [0.15, 0.2) is 36.4 Å². The number of rotatable bonds is 6. The second-order valence-electron chi connectivity index (χ2n) is 4.95. The van der Waals surface area contributed by atoms with Crippen molar-refractivity contribution in [3.63, 3.8) is 0 Å². The molecular formula is C17H17ClN2O5. The predicted molar refractivity (Wildman–Crippen MR) is 92.6 cm³/mol. The molecule has 0 aliphatic rings. The molecule has 0 fully saturated rings. The number of esters is 1. The van der Waals surface area contributed by atoms with Crippen molar-refractivity contribution < 1.29 is 23.9 Å². The zero-order valence-electron chi connectivity index (χ0n) is 13.5. The summed E-state index contributed by atoms with van der Waals surface area (Å²) in [6.07, 6.45) is 0. The molecule has 0 heterocycles. The Morgan fingerprint density at radius 2 is 1.76 bits per heavy atom. The minimum atomic E-state index is -0.731. The average Bonchev–Trinajstić information content (AvgIpc) is 2.60. The fourth-order valence-corrected chi connectivity index (χ4v) is 2.28. The molecule has 8 heteroatoms. The molecule has 2 aromatic carbocycles. The molecule has 0 aromatic heterocycles. The highest BCUT2D eigenvalue weighted by Crippen LogP contribution is 2.31. The SMILES string of the molecule is CCNC(=O)NC(=O)COC(=O)COc1ccc(Cl)c2ccccc12. The molecule has 7 nitrogen and oxygen atoms in total. The number of halogens is 1. The van der Waals surface area contributed by atoms with Crippen LogP contribution in [0, 0.1) is 0 Å². The molecule has 0 spiro atoms. The number of imide groups is 1. The van der Waals surface area contributed by atoms with Gasteiger partial charge in [0.05, 0.1) is 0 Å². The topological polar surface area (TPSA) is 93.7 Å². The molecular weight excluding hydrogens is 348 g/mol. The predicted octanol–water partition coefficient (Wildman–Crippen LogP) is 2.26. The van der Waals surface area contributed by atoms with Crippen LogP contribution in [0.1, 0.15) is 6.92 Å². The van der Waals surface area contributed by atoms with Gasteiger partial charge in [-0.1, -0.05) is 35.9 Å². The zero-order valence-corrected chi connectivity index (χ0v) is 14.3. The fourth-order valence-electron chi connectivity index (χ4n) is 2.05. The first kappa shape index (κ1) is 18.5. The second kappa shape index (κ2) is 8.89. The number of hydrogen-bond donors (Lipinski definition) is 2. The van der Waals surface area contributed by atoms with Crippen molar-refractivity contribution in [1.29, 1.82) is 0 Å². The smallest absolute Gasteiger partial charge is 0.344 e. The van der Waals surface area contributed by atoms with Gasteiger partial charge in [0.15, 0.2) is 13.2 Å². The highest BCUT2D eigenvalue weighted by molar-refractivity contribution is 6.35. The summed E-state index contributed by atoms with van der Waals surface area (Å²) in [5.41, 5.74) is 0. The zero-order chi connectivity index (χ0) is 18.2. The molecule has 132 valence electrons. The first-order valence-electron chi connectivity index (χ1n) is 7.54. The van der Waals surface area contributed by atoms with Crippen LogP contribution in [0.2, 0.25) is 5.02 Å². The van der Waals surface area contributed by atoms with E-state index in [1.165, 1.54) is 0 Å². The van der Waals surface area contributed by atoms with E-state index in [1.807, 2.05) is 29.6 Å². The van der Waals surface area contributed by atoms with E-state index in [2.05, 4.69) is 5.32 Å². The summed E-state index contributed by atoms with van der Waals surface area (Å²) in [4.78, 5) is 34.2. The van der Waals surface area contributed by atoms with Crippen molar-refractivity contribution in [2.75, 3.05) is 19.8 Å². The van der Waals surface area contributed by atoms with Gasteiger partial charge in [0.1, 0.15) is 5.75 Å². The second-order valence-corrected chi connectivity index (χ2v) is 5.36. The van der Waals surface area contributed by atoms with Gasteiger partial charge in [0.2, 0.25) is 0 Å². The molecule has 0 bridgehead atoms. The summed E-state index contributed by atoms with van der Waals surface area (Å²) in [6.45, 7) is 1.14. The summed E-state index contributed by atoms with van der Waals surface area (Å²) in [7, 11) is 0. The summed E-state index contributed by atoms with van der Waals surface area (Å²) in [5.74, 6) is -0.981. The summed E-state index contributed by atoms with van der Waals surface area (Å²) in [6, 6.07) is 10.0. The molecule has 0 radical (unpaired) electrons. The lowest BCUT2D eigenvalue weighted by Crippen LogP contribution is -2.41. The largest absolute Gasteiger partial charge is 0.481 e. The van der Waals surface area contributed by atoms with Crippen molar-refractivity contribution in [2.24, 2.45) is 0 Å². The Labute approximate surface area is 149 Å². The lowest BCUT2D eigenvalue weighted by molar-refractivity contribution is -0.150. The van der Waals surface area contributed by atoms with Crippen molar-refractivity contribution in [3.8, 4) is 5.75 Å². The maximum absolute atomic E-state index is 11.7. The van der Waals surface area contributed by atoms with Crippen molar-refractivity contribution in [2.45, 2.75) is 6.92 Å². The van der Waals surface area contributed by atoms with E-state index in [4.69, 9.17) is 21.1 Å². The number of amides is 3. The van der Waals surface area contributed by atoms with Crippen LogP contribution in [0.5, 0.6) is 5.75 Å². The molecule has 0 saturated heterocycles. The Kier molecular flexibility index (Phi) is 6.59. The molecule has 3 amide bonds. The lowest BCUT2D eigenvalue weighted by atomic mass is 10.1. The van der Waals surface area contributed by atoms with E-state index in [0.29, 0.717) is 17.3 Å². The van der Waals surface area contributed by atoms with E-state index in [0.717, 1.165) is 10.8 Å². The number of carbonyl (C=O) groups excluding carboxylic acids is 3. The van der Waals surface area contributed by atoms with Crippen LogP contribution in [-0.2, 0) is 14.3 Å². The third-order valence-corrected chi connectivity index (χ3v) is 3.46. The quantitative estimate of drug-likeness (QED) is 0.767. The van der Waals surface area contributed by atoms with Gasteiger partial charge in [0, 0.05) is 22.3 Å². The lowest BCUT2D eigenvalue weighted by Gasteiger charge is -2.10. The van der Waals surface area contributed by atoms with Gasteiger partial charge in [-0.3, -0.25) is 10.1 Å². The van der Waals surface area contributed by atoms with Crippen LogP contribution in [0.25, 0.3) is 10.8 Å². The van der Waals surface area contributed by atoms with E-state index in [1.54, 1.807) is 19.1 Å². The first-order chi connectivity index (χ1) is 12.0. The van der Waals surface area contributed by atoms with Gasteiger partial charge >= 0.3 is 12.0 Å². The standard InChI is InChI=1S/C17H17ClN2O5/c1-2-19-17(23)20-15(21)9-25-16(22)10-24-14-8-7-13(18)11-5-3-4-6-12(11)14/h3-8H,2,9-10H2,1H3,(H2,19,20,21,23). The number of urea groups is 1. The third kappa shape index (κ3) is 5.36. The third-order valence-electron chi connectivity index (χ3n) is 3.13. The Morgan fingerprint density at radius 3 is 2.48 bits per heavy atom. The highest BCUT2D eigenvalue weighted by Gasteiger charge is 2.12. The molecule has 0 saturated carbocycles. The molecule has 0 aliphatic heterocycles. The van der Waals surface area contributed by atoms with Crippen LogP contribution in [0.4, 0.5) is 4.79 Å². The molecule has 0 atom stereocenters. The maximum Gasteiger partial charge on any atom is 0.344 e. The first-order valence-corrected chi connectivity index (χ1v) is 7.92. The Morgan fingerprint density at radius 1 is 1.04 bits per heavy atom. The molecule has 2 aromatic rings. The van der Waals surface area contributed by atoms with Crippen molar-refractivity contribution in [3.05, 3.63) is 41.4 Å². The number of nitrogens with one attached hydrogen (secondary N) is 2. The van der Waals surface area contributed by atoms with Gasteiger partial charge in [-0.05, 0) is 19.1 Å². The summed E-state index contributed by atoms with van der Waals surface area (Å²) in [5, 5.41) is 6.54. The minimum Gasteiger partial charge on any atom is -0.481 e. The Bertz CT molecular complexity index is 794. The molecule has 2 rings (SSSR count). The summed E-state index contributed by atoms with van der Waals surface area (Å²) < 4.78 is 10.2. The van der Waals surface area contributed by atoms with Crippen LogP contribution in [0.3, 0.4) is 0 Å². The number of hydrogen-bond acceptors (Lipinski definition) is 5. The number of carbonyl (C=O) groups is 3. The Balaban J connectivity index is 1.86. The summed E-state index contributed by atoms with van der Waals surface area (Å²) >= 11 is 6.12. The van der Waals surface area contributed by atoms with Gasteiger partial charge in [-0.25, -0.2) is 9.59 Å². The highest BCUT2D eigenvalue weighted by atomic mass is 35.5. The molecule has 0 unspecified atom stereocenters. The number of ether oxygens (including phenoxy) is 2. The van der Waals surface area contributed by atoms with Gasteiger partial charge < -0.3 is 14.8 Å². The molecule has 2 N–H and O–H groups in total. The van der Waals surface area contributed by atoms with Crippen molar-refractivity contribution >= 4 is 40.3 Å². The number of fused-ring (bicyclic) bond motifs is 1. The number of benzene rings is 2. The minimum absolute atomic E-state index is 0.375. The van der Waals surface area contributed by atoms with Crippen LogP contribution in [-0.4, -0.2) is 37.7 Å². The van der Waals surface area contributed by atoms with Gasteiger partial charge in [0.25, 0.3) is 5.91 Å². The van der Waals surface area contributed by atoms with E-state index in [9.17, 15) is 14.4 Å². The Hall–Kier alpha value is -2.80. The average molecular weight is 365 g/mol. The van der Waals surface area contributed by atoms with Gasteiger partial charge in [-0.15, -0.1) is 0 Å². The maximum atomic E-state index is 11.7. The molecule has 0 aliphatic carbocycles. The normalized spacial score (nSPS) is 10.2. The van der Waals surface area contributed by atoms with E-state index in [-0.39, 0.29) is 6.61 Å². The van der Waals surface area contributed by atoms with Gasteiger partial charge in [-0.2, -0.15) is 0 Å². The van der Waals surface area contributed by atoms with Crippen LogP contribution < -0.4 is 15.4 Å². The monoisotopic (exact) mass is 364 g/mol. The molecule has 25 heavy (non-hydrogen) atoms. The van der Waals surface area contributed by atoms with Crippen LogP contribution >= 0.6 is 11.6 Å². The fraction of sp³-hybridized carbons (Fsp3) is 0.235. The van der Waals surface area contributed by atoms with E-state index >= 15 is 0 Å². The van der Waals surface area contributed by atoms with E-state index < -0.39 is 24.5 Å². The van der Waals surface area contributed by atoms with Crippen molar-refractivity contribution in [1.82, 2.24) is 10.6 Å².